The lowest BCUT2D eigenvalue weighted by Gasteiger charge is -2.40. The number of morpholine rings is 1. The van der Waals surface area contributed by atoms with Crippen molar-refractivity contribution >= 4 is 11.8 Å². The number of rotatable bonds is 3. The molecule has 0 aliphatic carbocycles. The monoisotopic (exact) mass is 376 g/mol. The fourth-order valence-corrected chi connectivity index (χ4v) is 4.51. The number of likely N-dealkylation sites (tertiary alicyclic amines) is 2. The first-order chi connectivity index (χ1) is 13.0. The van der Waals surface area contributed by atoms with E-state index in [0.717, 1.165) is 42.9 Å². The van der Waals surface area contributed by atoms with Gasteiger partial charge >= 0.3 is 0 Å². The fraction of sp³-hybridized carbons (Fsp3) is 0.737. The maximum atomic E-state index is 12.6. The van der Waals surface area contributed by atoms with Gasteiger partial charge in [0, 0.05) is 50.1 Å². The number of hydrogen-bond donors (Lipinski definition) is 1. The third kappa shape index (κ3) is 3.60. The molecule has 3 fully saturated rings. The lowest BCUT2D eigenvalue weighted by Crippen LogP contribution is -2.52. The summed E-state index contributed by atoms with van der Waals surface area (Å²) in [6, 6.07) is 0. The average molecular weight is 376 g/mol. The Morgan fingerprint density at radius 2 is 2.11 bits per heavy atom. The average Bonchev–Trinajstić information content (AvgIpc) is 3.16. The second-order valence-electron chi connectivity index (χ2n) is 8.12. The van der Waals surface area contributed by atoms with Crippen LogP contribution in [0.4, 0.5) is 0 Å². The lowest BCUT2D eigenvalue weighted by molar-refractivity contribution is -0.147. The van der Waals surface area contributed by atoms with Crippen LogP contribution in [-0.2, 0) is 20.9 Å². The Morgan fingerprint density at radius 1 is 1.33 bits per heavy atom. The predicted octanol–water partition coefficient (Wildman–Crippen LogP) is 0.621. The molecule has 1 aromatic rings. The third-order valence-corrected chi connectivity index (χ3v) is 6.27. The van der Waals surface area contributed by atoms with Crippen LogP contribution >= 0.6 is 0 Å². The smallest absolute Gasteiger partial charge is 0.253 e. The summed E-state index contributed by atoms with van der Waals surface area (Å²) in [5.74, 6) is 1.05. The van der Waals surface area contributed by atoms with Crippen molar-refractivity contribution in [2.45, 2.75) is 45.8 Å². The van der Waals surface area contributed by atoms with Crippen LogP contribution in [0.5, 0.6) is 0 Å². The molecule has 3 aliphatic heterocycles. The van der Waals surface area contributed by atoms with Gasteiger partial charge in [0.05, 0.1) is 18.8 Å². The molecule has 2 amide bonds. The zero-order valence-corrected chi connectivity index (χ0v) is 16.1. The first-order valence-corrected chi connectivity index (χ1v) is 9.78. The number of hydrogen-bond acceptors (Lipinski definition) is 6. The Balaban J connectivity index is 1.35. The van der Waals surface area contributed by atoms with Gasteiger partial charge in [0.15, 0.2) is 0 Å². The molecule has 4 rings (SSSR count). The molecule has 8 heteroatoms. The first-order valence-electron chi connectivity index (χ1n) is 9.78. The number of piperidine rings is 1. The van der Waals surface area contributed by atoms with Crippen LogP contribution in [0.25, 0.3) is 0 Å². The zero-order chi connectivity index (χ0) is 19.0. The maximum absolute atomic E-state index is 12.6. The summed E-state index contributed by atoms with van der Waals surface area (Å²) in [5.41, 5.74) is 1.84. The first kappa shape index (κ1) is 18.4. The van der Waals surface area contributed by atoms with E-state index in [0.29, 0.717) is 39.2 Å². The summed E-state index contributed by atoms with van der Waals surface area (Å²) >= 11 is 0. The van der Waals surface area contributed by atoms with E-state index in [4.69, 9.17) is 9.26 Å². The van der Waals surface area contributed by atoms with E-state index in [-0.39, 0.29) is 23.3 Å². The molecule has 0 radical (unpaired) electrons. The van der Waals surface area contributed by atoms with Crippen LogP contribution in [-0.4, -0.2) is 72.2 Å². The van der Waals surface area contributed by atoms with E-state index in [2.05, 4.69) is 10.5 Å². The summed E-state index contributed by atoms with van der Waals surface area (Å²) in [5, 5.41) is 7.20. The van der Waals surface area contributed by atoms with Crippen LogP contribution < -0.4 is 5.32 Å². The van der Waals surface area contributed by atoms with Crippen molar-refractivity contribution in [3.63, 3.8) is 0 Å². The van der Waals surface area contributed by atoms with E-state index < -0.39 is 0 Å². The Bertz CT molecular complexity index is 698. The number of ether oxygens (including phenoxy) is 1. The molecule has 0 bridgehead atoms. The molecule has 1 aromatic heterocycles. The normalized spacial score (nSPS) is 25.4. The number of aromatic nitrogens is 1. The standard InChI is InChI=1S/C19H28N4O4/c1-13-15(14(2)27-21-13)11-23-12-19(9-17(23)24)3-6-22(7-4-19)18(25)16-10-20-5-8-26-16/h16,20H,3-12H2,1-2H3. The predicted molar refractivity (Wildman–Crippen MR) is 96.9 cm³/mol. The largest absolute Gasteiger partial charge is 0.366 e. The summed E-state index contributed by atoms with van der Waals surface area (Å²) in [7, 11) is 0. The van der Waals surface area contributed by atoms with Crippen molar-refractivity contribution in [2.75, 3.05) is 39.3 Å². The summed E-state index contributed by atoms with van der Waals surface area (Å²) in [6.45, 7) is 8.48. The van der Waals surface area contributed by atoms with E-state index in [1.54, 1.807) is 0 Å². The Labute approximate surface area is 159 Å². The van der Waals surface area contributed by atoms with Crippen LogP contribution in [0.15, 0.2) is 4.52 Å². The topological polar surface area (TPSA) is 87.9 Å². The second-order valence-corrected chi connectivity index (χ2v) is 8.12. The zero-order valence-electron chi connectivity index (χ0n) is 16.1. The van der Waals surface area contributed by atoms with Gasteiger partial charge in [0.25, 0.3) is 5.91 Å². The van der Waals surface area contributed by atoms with Crippen molar-refractivity contribution in [3.8, 4) is 0 Å². The fourth-order valence-electron chi connectivity index (χ4n) is 4.51. The minimum Gasteiger partial charge on any atom is -0.366 e. The summed E-state index contributed by atoms with van der Waals surface area (Å²) < 4.78 is 10.8. The Kier molecular flexibility index (Phi) is 4.94. The molecule has 8 nitrogen and oxygen atoms in total. The van der Waals surface area contributed by atoms with E-state index in [9.17, 15) is 9.59 Å². The Morgan fingerprint density at radius 3 is 2.74 bits per heavy atom. The van der Waals surface area contributed by atoms with Gasteiger partial charge in [-0.1, -0.05) is 5.16 Å². The van der Waals surface area contributed by atoms with Gasteiger partial charge in [-0.25, -0.2) is 0 Å². The quantitative estimate of drug-likeness (QED) is 0.832. The second kappa shape index (κ2) is 7.24. The lowest BCUT2D eigenvalue weighted by atomic mass is 9.77. The molecule has 0 saturated carbocycles. The molecule has 0 aromatic carbocycles. The van der Waals surface area contributed by atoms with Gasteiger partial charge in [0.2, 0.25) is 5.91 Å². The molecule has 1 spiro atoms. The molecule has 4 heterocycles. The van der Waals surface area contributed by atoms with Crippen LogP contribution in [0, 0.1) is 19.3 Å². The number of aryl methyl sites for hydroxylation is 2. The van der Waals surface area contributed by atoms with Gasteiger partial charge in [-0.15, -0.1) is 0 Å². The van der Waals surface area contributed by atoms with Gasteiger partial charge in [-0.3, -0.25) is 9.59 Å². The van der Waals surface area contributed by atoms with Crippen LogP contribution in [0.3, 0.4) is 0 Å². The van der Waals surface area contributed by atoms with Crippen LogP contribution in [0.1, 0.15) is 36.3 Å². The van der Waals surface area contributed by atoms with E-state index in [1.807, 2.05) is 23.6 Å². The number of carbonyl (C=O) groups excluding carboxylic acids is 2. The minimum absolute atomic E-state index is 0.0154. The van der Waals surface area contributed by atoms with Gasteiger partial charge in [0.1, 0.15) is 11.9 Å². The number of nitrogens with zero attached hydrogens (tertiary/aromatic N) is 3. The van der Waals surface area contributed by atoms with Crippen molar-refractivity contribution in [1.29, 1.82) is 0 Å². The van der Waals surface area contributed by atoms with Crippen molar-refractivity contribution in [1.82, 2.24) is 20.3 Å². The molecule has 148 valence electrons. The highest BCUT2D eigenvalue weighted by Crippen LogP contribution is 2.41. The van der Waals surface area contributed by atoms with Gasteiger partial charge in [-0.05, 0) is 26.7 Å². The molecular formula is C19H28N4O4. The molecule has 3 saturated heterocycles. The summed E-state index contributed by atoms with van der Waals surface area (Å²) in [6.07, 6.45) is 1.93. The van der Waals surface area contributed by atoms with Crippen molar-refractivity contribution in [2.24, 2.45) is 5.41 Å². The molecule has 1 N–H and O–H groups in total. The maximum Gasteiger partial charge on any atom is 0.253 e. The molecule has 3 aliphatic rings. The summed E-state index contributed by atoms with van der Waals surface area (Å²) in [4.78, 5) is 29.1. The SMILES string of the molecule is Cc1noc(C)c1CN1CC2(CCN(C(=O)C3CNCCO3)CC2)CC1=O. The number of carbonyl (C=O) groups is 2. The van der Waals surface area contributed by atoms with Crippen molar-refractivity contribution < 1.29 is 18.8 Å². The highest BCUT2D eigenvalue weighted by atomic mass is 16.5. The van der Waals surface area contributed by atoms with E-state index in [1.165, 1.54) is 0 Å². The van der Waals surface area contributed by atoms with Crippen molar-refractivity contribution in [3.05, 3.63) is 17.0 Å². The molecule has 1 unspecified atom stereocenters. The minimum atomic E-state index is -0.367. The van der Waals surface area contributed by atoms with Crippen LogP contribution in [0.2, 0.25) is 0 Å². The highest BCUT2D eigenvalue weighted by Gasteiger charge is 2.46. The van der Waals surface area contributed by atoms with E-state index >= 15 is 0 Å². The van der Waals surface area contributed by atoms with Gasteiger partial charge < -0.3 is 24.4 Å². The number of amides is 2. The number of nitrogens with one attached hydrogen (secondary N) is 1. The third-order valence-electron chi connectivity index (χ3n) is 6.27. The van der Waals surface area contributed by atoms with Gasteiger partial charge in [-0.2, -0.15) is 0 Å². The highest BCUT2D eigenvalue weighted by molar-refractivity contribution is 5.82. The molecule has 1 atom stereocenters. The Hall–Kier alpha value is -1.93. The molecular weight excluding hydrogens is 348 g/mol. The molecule has 27 heavy (non-hydrogen) atoms.